The van der Waals surface area contributed by atoms with Crippen LogP contribution in [0.2, 0.25) is 0 Å². The van der Waals surface area contributed by atoms with Crippen LogP contribution in [0.3, 0.4) is 0 Å². The van der Waals surface area contributed by atoms with E-state index in [1.165, 1.54) is 0 Å². The first-order valence-corrected chi connectivity index (χ1v) is 10.5. The van der Waals surface area contributed by atoms with Crippen molar-refractivity contribution in [2.24, 2.45) is 0 Å². The predicted molar refractivity (Wildman–Crippen MR) is 119 cm³/mol. The fourth-order valence-electron chi connectivity index (χ4n) is 3.48. The van der Waals surface area contributed by atoms with Crippen molar-refractivity contribution in [1.29, 1.82) is 0 Å². The average Bonchev–Trinajstić information content (AvgIpc) is 3.10. The Kier molecular flexibility index (Phi) is 5.41. The summed E-state index contributed by atoms with van der Waals surface area (Å²) in [4.78, 5) is 26.9. The summed E-state index contributed by atoms with van der Waals surface area (Å²) in [5, 5.41) is 2.89. The van der Waals surface area contributed by atoms with Gasteiger partial charge in [0.25, 0.3) is 5.91 Å². The smallest absolute Gasteiger partial charge is 0.255 e. The van der Waals surface area contributed by atoms with Crippen molar-refractivity contribution >= 4 is 35.0 Å². The highest BCUT2D eigenvalue weighted by Crippen LogP contribution is 2.42. The number of carbonyl (C=O) groups excluding carboxylic acids is 2. The number of thioether (sulfide) groups is 1. The van der Waals surface area contributed by atoms with Gasteiger partial charge in [0.05, 0.1) is 5.75 Å². The molecule has 3 aromatic rings. The number of benzene rings is 3. The molecule has 1 fully saturated rings. The summed E-state index contributed by atoms with van der Waals surface area (Å²) in [7, 11) is 0. The lowest BCUT2D eigenvalue weighted by atomic mass is 10.1. The summed E-state index contributed by atoms with van der Waals surface area (Å²) < 4.78 is 0. The van der Waals surface area contributed by atoms with Crippen LogP contribution in [0, 0.1) is 13.8 Å². The molecule has 0 saturated carbocycles. The average molecular weight is 403 g/mol. The van der Waals surface area contributed by atoms with E-state index in [1.54, 1.807) is 11.8 Å². The van der Waals surface area contributed by atoms with E-state index in [0.717, 1.165) is 28.1 Å². The topological polar surface area (TPSA) is 49.4 Å². The second-order valence-corrected chi connectivity index (χ2v) is 8.23. The van der Waals surface area contributed by atoms with Crippen molar-refractivity contribution in [3.05, 3.63) is 95.1 Å². The number of rotatable bonds is 4. The number of nitrogens with one attached hydrogen (secondary N) is 1. The third-order valence-corrected chi connectivity index (χ3v) is 6.20. The second kappa shape index (κ2) is 8.13. The van der Waals surface area contributed by atoms with Crippen molar-refractivity contribution < 1.29 is 9.59 Å². The number of nitrogens with zero attached hydrogens (tertiary/aromatic N) is 1. The van der Waals surface area contributed by atoms with Gasteiger partial charge in [-0.15, -0.1) is 11.8 Å². The van der Waals surface area contributed by atoms with Gasteiger partial charge in [-0.3, -0.25) is 14.5 Å². The summed E-state index contributed by atoms with van der Waals surface area (Å²) in [6.45, 7) is 3.95. The normalized spacial score (nSPS) is 16.1. The van der Waals surface area contributed by atoms with E-state index in [-0.39, 0.29) is 17.2 Å². The van der Waals surface area contributed by atoms with E-state index in [4.69, 9.17) is 0 Å². The minimum Gasteiger partial charge on any atom is -0.322 e. The third-order valence-electron chi connectivity index (χ3n) is 4.99. The lowest BCUT2D eigenvalue weighted by Gasteiger charge is -2.25. The Morgan fingerprint density at radius 2 is 1.76 bits per heavy atom. The lowest BCUT2D eigenvalue weighted by molar-refractivity contribution is -0.115. The lowest BCUT2D eigenvalue weighted by Crippen LogP contribution is -2.27. The Labute approximate surface area is 174 Å². The van der Waals surface area contributed by atoms with Gasteiger partial charge in [0.1, 0.15) is 5.37 Å². The van der Waals surface area contributed by atoms with Crippen molar-refractivity contribution in [2.75, 3.05) is 16.0 Å². The Balaban J connectivity index is 1.53. The SMILES string of the molecule is Cc1cccc(N2C(=O)CSC2c2ccc(NC(=O)c3ccccc3C)cc2)c1. The van der Waals surface area contributed by atoms with Crippen LogP contribution >= 0.6 is 11.8 Å². The molecule has 1 N–H and O–H groups in total. The van der Waals surface area contributed by atoms with Crippen LogP contribution in [0.15, 0.2) is 72.8 Å². The molecule has 0 spiro atoms. The molecule has 0 aliphatic carbocycles. The summed E-state index contributed by atoms with van der Waals surface area (Å²) in [6.07, 6.45) is 0. The van der Waals surface area contributed by atoms with Crippen molar-refractivity contribution in [2.45, 2.75) is 19.2 Å². The van der Waals surface area contributed by atoms with Gasteiger partial charge in [0.2, 0.25) is 5.91 Å². The molecule has 1 aliphatic rings. The van der Waals surface area contributed by atoms with Gasteiger partial charge < -0.3 is 5.32 Å². The Morgan fingerprint density at radius 3 is 2.48 bits per heavy atom. The molecule has 1 aliphatic heterocycles. The second-order valence-electron chi connectivity index (χ2n) is 7.16. The van der Waals surface area contributed by atoms with Crippen LogP contribution in [0.1, 0.15) is 32.4 Å². The summed E-state index contributed by atoms with van der Waals surface area (Å²) in [6, 6.07) is 23.3. The molecule has 1 unspecified atom stereocenters. The van der Waals surface area contributed by atoms with Gasteiger partial charge in [-0.25, -0.2) is 0 Å². The summed E-state index contributed by atoms with van der Waals surface area (Å²) >= 11 is 1.62. The minimum absolute atomic E-state index is 0.0644. The molecule has 2 amide bonds. The van der Waals surface area contributed by atoms with E-state index in [9.17, 15) is 9.59 Å². The van der Waals surface area contributed by atoms with Gasteiger partial charge in [0, 0.05) is 16.9 Å². The zero-order valence-corrected chi connectivity index (χ0v) is 17.2. The number of carbonyl (C=O) groups is 2. The first-order chi connectivity index (χ1) is 14.0. The van der Waals surface area contributed by atoms with Crippen LogP contribution in [-0.4, -0.2) is 17.6 Å². The third kappa shape index (κ3) is 4.05. The first-order valence-electron chi connectivity index (χ1n) is 9.50. The maximum absolute atomic E-state index is 12.5. The molecule has 0 bridgehead atoms. The van der Waals surface area contributed by atoms with Gasteiger partial charge in [0.15, 0.2) is 0 Å². The highest BCUT2D eigenvalue weighted by atomic mass is 32.2. The highest BCUT2D eigenvalue weighted by Gasteiger charge is 2.34. The maximum Gasteiger partial charge on any atom is 0.255 e. The van der Waals surface area contributed by atoms with E-state index in [1.807, 2.05) is 91.5 Å². The molecule has 4 rings (SSSR count). The molecule has 1 saturated heterocycles. The van der Waals surface area contributed by atoms with E-state index in [2.05, 4.69) is 5.32 Å². The maximum atomic E-state index is 12.5. The number of hydrogen-bond donors (Lipinski definition) is 1. The molecule has 0 aromatic heterocycles. The zero-order valence-electron chi connectivity index (χ0n) is 16.4. The molecule has 4 nitrogen and oxygen atoms in total. The highest BCUT2D eigenvalue weighted by molar-refractivity contribution is 8.00. The summed E-state index contributed by atoms with van der Waals surface area (Å²) in [5.41, 5.74) is 5.42. The molecular formula is C24H22N2O2S. The van der Waals surface area contributed by atoms with Crippen molar-refractivity contribution in [3.63, 3.8) is 0 Å². The fourth-order valence-corrected chi connectivity index (χ4v) is 4.66. The van der Waals surface area contributed by atoms with Crippen LogP contribution in [-0.2, 0) is 4.79 Å². The summed E-state index contributed by atoms with van der Waals surface area (Å²) in [5.74, 6) is 0.454. The zero-order chi connectivity index (χ0) is 20.4. The molecule has 0 radical (unpaired) electrons. The molecule has 5 heteroatoms. The first kappa shape index (κ1) is 19.3. The molecule has 1 heterocycles. The number of aryl methyl sites for hydroxylation is 2. The van der Waals surface area contributed by atoms with Gasteiger partial charge in [-0.1, -0.05) is 42.5 Å². The number of anilines is 2. The Morgan fingerprint density at radius 1 is 1.00 bits per heavy atom. The van der Waals surface area contributed by atoms with E-state index in [0.29, 0.717) is 11.3 Å². The fraction of sp³-hybridized carbons (Fsp3) is 0.167. The minimum atomic E-state index is -0.123. The quantitative estimate of drug-likeness (QED) is 0.641. The molecule has 3 aromatic carbocycles. The predicted octanol–water partition coefficient (Wildman–Crippen LogP) is 5.33. The van der Waals surface area contributed by atoms with Gasteiger partial charge in [-0.2, -0.15) is 0 Å². The van der Waals surface area contributed by atoms with Crippen molar-refractivity contribution in [3.8, 4) is 0 Å². The van der Waals surface area contributed by atoms with E-state index < -0.39 is 0 Å². The van der Waals surface area contributed by atoms with Gasteiger partial charge >= 0.3 is 0 Å². The molecule has 1 atom stereocenters. The largest absolute Gasteiger partial charge is 0.322 e. The molecule has 29 heavy (non-hydrogen) atoms. The Bertz CT molecular complexity index is 1060. The number of amides is 2. The molecular weight excluding hydrogens is 380 g/mol. The Hall–Kier alpha value is -3.05. The van der Waals surface area contributed by atoms with Crippen LogP contribution in [0.5, 0.6) is 0 Å². The van der Waals surface area contributed by atoms with E-state index >= 15 is 0 Å². The monoisotopic (exact) mass is 402 g/mol. The van der Waals surface area contributed by atoms with Crippen molar-refractivity contribution in [1.82, 2.24) is 0 Å². The molecule has 146 valence electrons. The van der Waals surface area contributed by atoms with Crippen LogP contribution in [0.25, 0.3) is 0 Å². The standard InChI is InChI=1S/C24H22N2O2S/c1-16-6-5-8-20(14-16)26-22(27)15-29-24(26)18-10-12-19(13-11-18)25-23(28)21-9-4-3-7-17(21)2/h3-14,24H,15H2,1-2H3,(H,25,28). The van der Waals surface area contributed by atoms with Gasteiger partial charge in [-0.05, 0) is 60.9 Å². The number of hydrogen-bond acceptors (Lipinski definition) is 3. The van der Waals surface area contributed by atoms with Crippen LogP contribution in [0.4, 0.5) is 11.4 Å². The van der Waals surface area contributed by atoms with Crippen LogP contribution < -0.4 is 10.2 Å².